The topological polar surface area (TPSA) is 108 Å². The van der Waals surface area contributed by atoms with Crippen molar-refractivity contribution in [2.75, 3.05) is 40.9 Å². The molecular formula is C30H63N2O6P. The van der Waals surface area contributed by atoms with Gasteiger partial charge in [-0.2, -0.15) is 0 Å². The van der Waals surface area contributed by atoms with Gasteiger partial charge >= 0.3 is 0 Å². The number of amides is 1. The number of phosphoric acid groups is 1. The van der Waals surface area contributed by atoms with Gasteiger partial charge < -0.3 is 28.8 Å². The lowest BCUT2D eigenvalue weighted by Gasteiger charge is -2.29. The molecule has 2 N–H and O–H groups in total. The van der Waals surface area contributed by atoms with Crippen molar-refractivity contribution in [2.24, 2.45) is 0 Å². The van der Waals surface area contributed by atoms with Gasteiger partial charge in [0.25, 0.3) is 7.82 Å². The monoisotopic (exact) mass is 578 g/mol. The standard InChI is InChI=1S/C30H63N2O6P/c1-6-7-8-9-10-11-12-13-14-15-16-17-18-19-20-21-22-23-24-30(34)29(31-28(2)33)27-38-39(35,36)37-26-25-32(3,4)5/h29-30,34H,6-27H2,1-5H3,(H-,31,33,35,36). The van der Waals surface area contributed by atoms with Crippen molar-refractivity contribution in [3.8, 4) is 0 Å². The summed E-state index contributed by atoms with van der Waals surface area (Å²) in [4.78, 5) is 23.6. The highest BCUT2D eigenvalue weighted by molar-refractivity contribution is 7.45. The third kappa shape index (κ3) is 27.4. The van der Waals surface area contributed by atoms with Crippen LogP contribution in [0, 0.1) is 0 Å². The fourth-order valence-electron chi connectivity index (χ4n) is 4.60. The summed E-state index contributed by atoms with van der Waals surface area (Å²) >= 11 is 0. The molecule has 0 aliphatic heterocycles. The van der Waals surface area contributed by atoms with E-state index >= 15 is 0 Å². The highest BCUT2D eigenvalue weighted by Crippen LogP contribution is 2.38. The van der Waals surface area contributed by atoms with Gasteiger partial charge in [-0.1, -0.05) is 122 Å². The molecule has 0 bridgehead atoms. The Labute approximate surface area is 240 Å². The minimum atomic E-state index is -4.50. The van der Waals surface area contributed by atoms with Gasteiger partial charge in [0.05, 0.1) is 39.9 Å². The molecule has 8 nitrogen and oxygen atoms in total. The first-order valence-electron chi connectivity index (χ1n) is 15.8. The molecule has 0 heterocycles. The highest BCUT2D eigenvalue weighted by Gasteiger charge is 2.23. The van der Waals surface area contributed by atoms with Crippen molar-refractivity contribution in [3.63, 3.8) is 0 Å². The Bertz CT molecular complexity index is 629. The Morgan fingerprint density at radius 3 is 1.59 bits per heavy atom. The first kappa shape index (κ1) is 38.5. The molecule has 0 saturated heterocycles. The van der Waals surface area contributed by atoms with Crippen LogP contribution in [-0.4, -0.2) is 68.5 Å². The highest BCUT2D eigenvalue weighted by atomic mass is 31.2. The molecule has 0 fully saturated rings. The van der Waals surface area contributed by atoms with E-state index in [1.165, 1.54) is 103 Å². The van der Waals surface area contributed by atoms with Crippen molar-refractivity contribution < 1.29 is 32.9 Å². The molecule has 234 valence electrons. The van der Waals surface area contributed by atoms with Crippen molar-refractivity contribution in [1.82, 2.24) is 5.32 Å². The van der Waals surface area contributed by atoms with Crippen molar-refractivity contribution in [3.05, 3.63) is 0 Å². The maximum atomic E-state index is 12.0. The van der Waals surface area contributed by atoms with Gasteiger partial charge in [-0.3, -0.25) is 9.36 Å². The van der Waals surface area contributed by atoms with E-state index in [9.17, 15) is 19.4 Å². The molecule has 0 aromatic rings. The van der Waals surface area contributed by atoms with Crippen LogP contribution in [0.5, 0.6) is 0 Å². The van der Waals surface area contributed by atoms with Gasteiger partial charge in [0.15, 0.2) is 0 Å². The Balaban J connectivity index is 3.83. The van der Waals surface area contributed by atoms with Gasteiger partial charge in [-0.15, -0.1) is 0 Å². The molecule has 39 heavy (non-hydrogen) atoms. The first-order valence-corrected chi connectivity index (χ1v) is 17.3. The Hall–Kier alpha value is -0.500. The number of nitrogens with zero attached hydrogens (tertiary/aromatic N) is 1. The van der Waals surface area contributed by atoms with Crippen LogP contribution in [0.1, 0.15) is 136 Å². The van der Waals surface area contributed by atoms with E-state index in [0.29, 0.717) is 17.4 Å². The Kier molecular flexibility index (Phi) is 23.8. The van der Waals surface area contributed by atoms with Crippen LogP contribution in [-0.2, 0) is 18.4 Å². The normalized spacial score (nSPS) is 15.2. The number of hydrogen-bond donors (Lipinski definition) is 2. The summed E-state index contributed by atoms with van der Waals surface area (Å²) in [6.45, 7) is 3.78. The molecule has 3 unspecified atom stereocenters. The van der Waals surface area contributed by atoms with Crippen LogP contribution in [0.2, 0.25) is 0 Å². The third-order valence-electron chi connectivity index (χ3n) is 7.13. The Morgan fingerprint density at radius 1 is 0.795 bits per heavy atom. The smallest absolute Gasteiger partial charge is 0.268 e. The number of phosphoric ester groups is 1. The zero-order chi connectivity index (χ0) is 29.4. The molecule has 0 saturated carbocycles. The number of aliphatic hydroxyl groups is 1. The van der Waals surface area contributed by atoms with E-state index in [2.05, 4.69) is 12.2 Å². The molecule has 0 aromatic carbocycles. The number of aliphatic hydroxyl groups excluding tert-OH is 1. The molecular weight excluding hydrogens is 515 g/mol. The number of carbonyl (C=O) groups is 1. The molecule has 0 spiro atoms. The zero-order valence-corrected chi connectivity index (χ0v) is 27.0. The SMILES string of the molecule is CCCCCCCCCCCCCCCCCCCCC(O)C(COP(=O)([O-])OCC[N+](C)(C)C)NC(C)=O. The van der Waals surface area contributed by atoms with Crippen molar-refractivity contribution in [1.29, 1.82) is 0 Å². The minimum absolute atomic E-state index is 0.0109. The number of hydrogen-bond acceptors (Lipinski definition) is 6. The maximum Gasteiger partial charge on any atom is 0.268 e. The van der Waals surface area contributed by atoms with Crippen LogP contribution < -0.4 is 10.2 Å². The quantitative estimate of drug-likeness (QED) is 0.0624. The molecule has 9 heteroatoms. The van der Waals surface area contributed by atoms with E-state index in [1.54, 1.807) is 0 Å². The predicted molar refractivity (Wildman–Crippen MR) is 159 cm³/mol. The van der Waals surface area contributed by atoms with Gasteiger partial charge in [0.1, 0.15) is 13.2 Å². The molecule has 3 atom stereocenters. The second-order valence-electron chi connectivity index (χ2n) is 12.3. The van der Waals surface area contributed by atoms with Gasteiger partial charge in [-0.25, -0.2) is 0 Å². The summed E-state index contributed by atoms with van der Waals surface area (Å²) in [5, 5.41) is 13.2. The minimum Gasteiger partial charge on any atom is -0.756 e. The first-order chi connectivity index (χ1) is 18.5. The van der Waals surface area contributed by atoms with Crippen LogP contribution in [0.25, 0.3) is 0 Å². The summed E-state index contributed by atoms with van der Waals surface area (Å²) in [7, 11) is 1.30. The summed E-state index contributed by atoms with van der Waals surface area (Å²) in [5.74, 6) is -0.341. The lowest BCUT2D eigenvalue weighted by atomic mass is 10.0. The van der Waals surface area contributed by atoms with Crippen LogP contribution in [0.3, 0.4) is 0 Å². The van der Waals surface area contributed by atoms with Crippen LogP contribution in [0.15, 0.2) is 0 Å². The number of nitrogens with one attached hydrogen (secondary N) is 1. The fourth-order valence-corrected chi connectivity index (χ4v) is 5.32. The molecule has 0 aliphatic rings. The maximum absolute atomic E-state index is 12.0. The molecule has 0 aliphatic carbocycles. The molecule has 1 amide bonds. The fraction of sp³-hybridized carbons (Fsp3) is 0.967. The average Bonchev–Trinajstić information content (AvgIpc) is 2.84. The summed E-state index contributed by atoms with van der Waals surface area (Å²) in [6, 6.07) is -0.794. The van der Waals surface area contributed by atoms with Gasteiger partial charge in [0, 0.05) is 6.92 Å². The van der Waals surface area contributed by atoms with Crippen molar-refractivity contribution in [2.45, 2.75) is 148 Å². The summed E-state index contributed by atoms with van der Waals surface area (Å²) < 4.78 is 22.5. The Morgan fingerprint density at radius 2 is 1.21 bits per heavy atom. The van der Waals surface area contributed by atoms with E-state index in [4.69, 9.17) is 9.05 Å². The van der Waals surface area contributed by atoms with Gasteiger partial charge in [0.2, 0.25) is 5.91 Å². The van der Waals surface area contributed by atoms with Crippen molar-refractivity contribution >= 4 is 13.7 Å². The average molecular weight is 579 g/mol. The van der Waals surface area contributed by atoms with E-state index in [-0.39, 0.29) is 19.1 Å². The molecule has 0 rings (SSSR count). The van der Waals surface area contributed by atoms with E-state index < -0.39 is 20.0 Å². The lowest BCUT2D eigenvalue weighted by Crippen LogP contribution is -2.45. The second kappa shape index (κ2) is 24.1. The molecule has 0 aromatic heterocycles. The number of unbranched alkanes of at least 4 members (excludes halogenated alkanes) is 17. The number of likely N-dealkylation sites (N-methyl/N-ethyl adjacent to an activating group) is 1. The number of carbonyl (C=O) groups excluding carboxylic acids is 1. The molecule has 0 radical (unpaired) electrons. The zero-order valence-electron chi connectivity index (χ0n) is 26.1. The summed E-state index contributed by atoms with van der Waals surface area (Å²) in [5.41, 5.74) is 0. The van der Waals surface area contributed by atoms with Gasteiger partial charge in [-0.05, 0) is 6.42 Å². The second-order valence-corrected chi connectivity index (χ2v) is 13.7. The number of quaternary nitrogens is 1. The summed E-state index contributed by atoms with van der Waals surface area (Å²) in [6.07, 6.45) is 23.0. The largest absolute Gasteiger partial charge is 0.756 e. The third-order valence-corrected chi connectivity index (χ3v) is 8.09. The van der Waals surface area contributed by atoms with E-state index in [1.807, 2.05) is 21.1 Å². The number of rotatable bonds is 28. The lowest BCUT2D eigenvalue weighted by molar-refractivity contribution is -0.870. The van der Waals surface area contributed by atoms with E-state index in [0.717, 1.165) is 19.3 Å². The predicted octanol–water partition coefficient (Wildman–Crippen LogP) is 6.49. The van der Waals surface area contributed by atoms with Crippen LogP contribution >= 0.6 is 7.82 Å². The van der Waals surface area contributed by atoms with Crippen LogP contribution in [0.4, 0.5) is 0 Å².